The summed E-state index contributed by atoms with van der Waals surface area (Å²) >= 11 is 1.28. The molecule has 0 bridgehead atoms. The molecule has 1 atom stereocenters. The second-order valence-corrected chi connectivity index (χ2v) is 8.81. The maximum Gasteiger partial charge on any atom is 0.338 e. The van der Waals surface area contributed by atoms with Crippen LogP contribution >= 0.6 is 11.3 Å². The molecule has 0 saturated heterocycles. The van der Waals surface area contributed by atoms with Gasteiger partial charge in [0.1, 0.15) is 17.5 Å². The van der Waals surface area contributed by atoms with Gasteiger partial charge in [-0.05, 0) is 55.3 Å². The van der Waals surface area contributed by atoms with Crippen molar-refractivity contribution in [2.75, 3.05) is 20.8 Å². The van der Waals surface area contributed by atoms with Crippen LogP contribution < -0.4 is 24.4 Å². The number of hydrogen-bond acceptors (Lipinski definition) is 8. The van der Waals surface area contributed by atoms with Crippen molar-refractivity contribution in [3.05, 3.63) is 84.8 Å². The number of esters is 1. The van der Waals surface area contributed by atoms with Gasteiger partial charge < -0.3 is 14.2 Å². The van der Waals surface area contributed by atoms with E-state index >= 15 is 0 Å². The topological polar surface area (TPSA) is 92.0 Å². The summed E-state index contributed by atoms with van der Waals surface area (Å²) in [5, 5.41) is 0. The molecule has 0 fully saturated rings. The van der Waals surface area contributed by atoms with Crippen molar-refractivity contribution in [3.8, 4) is 11.5 Å². The first kappa shape index (κ1) is 24.4. The van der Waals surface area contributed by atoms with Crippen LogP contribution in [-0.4, -0.2) is 36.3 Å². The van der Waals surface area contributed by atoms with E-state index in [1.807, 2.05) is 19.1 Å². The van der Waals surface area contributed by atoms with Crippen LogP contribution in [0.2, 0.25) is 0 Å². The number of aromatic nitrogens is 2. The Morgan fingerprint density at radius 1 is 1.14 bits per heavy atom. The summed E-state index contributed by atoms with van der Waals surface area (Å²) in [4.78, 5) is 36.4. The molecule has 3 heterocycles. The minimum Gasteiger partial charge on any atom is -0.497 e. The summed E-state index contributed by atoms with van der Waals surface area (Å²) in [7, 11) is 3.12. The highest BCUT2D eigenvalue weighted by atomic mass is 32.1. The summed E-state index contributed by atoms with van der Waals surface area (Å²) in [6.07, 6.45) is 6.48. The number of ether oxygens (including phenoxy) is 3. The smallest absolute Gasteiger partial charge is 0.338 e. The van der Waals surface area contributed by atoms with Crippen LogP contribution in [0.25, 0.3) is 6.08 Å². The summed E-state index contributed by atoms with van der Waals surface area (Å²) < 4.78 is 18.6. The molecule has 1 aliphatic rings. The van der Waals surface area contributed by atoms with E-state index in [1.54, 1.807) is 62.4 Å². The van der Waals surface area contributed by atoms with Gasteiger partial charge in [0.2, 0.25) is 0 Å². The van der Waals surface area contributed by atoms with E-state index in [2.05, 4.69) is 4.98 Å². The fourth-order valence-corrected chi connectivity index (χ4v) is 5.10. The van der Waals surface area contributed by atoms with E-state index in [-0.39, 0.29) is 12.2 Å². The van der Waals surface area contributed by atoms with E-state index in [4.69, 9.17) is 19.2 Å². The molecular formula is C26H27N3O5S. The molecule has 182 valence electrons. The zero-order valence-electron chi connectivity index (χ0n) is 20.1. The molecule has 0 saturated carbocycles. The Balaban J connectivity index is 2.06. The normalized spacial score (nSPS) is 15.4. The van der Waals surface area contributed by atoms with Crippen molar-refractivity contribution in [3.63, 3.8) is 0 Å². The molecule has 4 rings (SSSR count). The van der Waals surface area contributed by atoms with Crippen molar-refractivity contribution >= 4 is 23.4 Å². The Labute approximate surface area is 206 Å². The summed E-state index contributed by atoms with van der Waals surface area (Å²) in [5.74, 6) is 0.606. The lowest BCUT2D eigenvalue weighted by Crippen LogP contribution is -2.40. The first-order chi connectivity index (χ1) is 17.0. The average Bonchev–Trinajstić information content (AvgIpc) is 3.18. The first-order valence-electron chi connectivity index (χ1n) is 11.4. The highest BCUT2D eigenvalue weighted by Crippen LogP contribution is 2.38. The Kier molecular flexibility index (Phi) is 7.45. The molecule has 35 heavy (non-hydrogen) atoms. The molecule has 0 aliphatic carbocycles. The van der Waals surface area contributed by atoms with Gasteiger partial charge in [0.15, 0.2) is 4.80 Å². The summed E-state index contributed by atoms with van der Waals surface area (Å²) in [6.45, 7) is 3.98. The van der Waals surface area contributed by atoms with Gasteiger partial charge in [0.25, 0.3) is 5.56 Å². The van der Waals surface area contributed by atoms with Gasteiger partial charge in [-0.2, -0.15) is 0 Å². The molecule has 9 heteroatoms. The largest absolute Gasteiger partial charge is 0.497 e. The van der Waals surface area contributed by atoms with Crippen molar-refractivity contribution in [2.45, 2.75) is 32.7 Å². The monoisotopic (exact) mass is 493 g/mol. The second kappa shape index (κ2) is 10.7. The number of carbonyl (C=O) groups is 1. The van der Waals surface area contributed by atoms with Crippen LogP contribution in [-0.2, 0) is 9.53 Å². The quantitative estimate of drug-likeness (QED) is 0.448. The molecule has 3 aromatic rings. The van der Waals surface area contributed by atoms with Gasteiger partial charge >= 0.3 is 5.97 Å². The van der Waals surface area contributed by atoms with E-state index in [9.17, 15) is 9.59 Å². The van der Waals surface area contributed by atoms with E-state index < -0.39 is 12.0 Å². The lowest BCUT2D eigenvalue weighted by atomic mass is 9.93. The van der Waals surface area contributed by atoms with Crippen LogP contribution in [0.4, 0.5) is 0 Å². The second-order valence-electron chi connectivity index (χ2n) is 7.80. The fourth-order valence-electron chi connectivity index (χ4n) is 4.08. The van der Waals surface area contributed by atoms with E-state index in [1.165, 1.54) is 11.3 Å². The van der Waals surface area contributed by atoms with Gasteiger partial charge in [0, 0.05) is 18.0 Å². The third kappa shape index (κ3) is 4.77. The van der Waals surface area contributed by atoms with Crippen LogP contribution in [0.5, 0.6) is 11.5 Å². The van der Waals surface area contributed by atoms with Gasteiger partial charge in [-0.25, -0.2) is 9.79 Å². The third-order valence-corrected chi connectivity index (χ3v) is 6.61. The number of allylic oxidation sites excluding steroid dienone is 1. The number of rotatable bonds is 8. The molecule has 1 aromatic carbocycles. The number of fused-ring (bicyclic) bond motifs is 1. The molecule has 1 aliphatic heterocycles. The van der Waals surface area contributed by atoms with Gasteiger partial charge in [-0.1, -0.05) is 24.7 Å². The molecule has 0 spiro atoms. The molecule has 8 nitrogen and oxygen atoms in total. The summed E-state index contributed by atoms with van der Waals surface area (Å²) in [6, 6.07) is 8.20. The number of benzene rings is 1. The Hall–Kier alpha value is -3.72. The minimum atomic E-state index is -0.781. The number of methoxy groups -OCH3 is 2. The predicted molar refractivity (Wildman–Crippen MR) is 133 cm³/mol. The Morgan fingerprint density at radius 2 is 1.91 bits per heavy atom. The van der Waals surface area contributed by atoms with Gasteiger partial charge in [0.05, 0.1) is 36.6 Å². The van der Waals surface area contributed by atoms with Crippen molar-refractivity contribution in [2.24, 2.45) is 4.99 Å². The molecule has 2 aromatic heterocycles. The number of carbonyl (C=O) groups excluding carboxylic acids is 1. The summed E-state index contributed by atoms with van der Waals surface area (Å²) in [5.41, 5.74) is 2.16. The van der Waals surface area contributed by atoms with Crippen LogP contribution in [0.15, 0.2) is 63.8 Å². The van der Waals surface area contributed by atoms with E-state index in [0.29, 0.717) is 44.1 Å². The number of thiazole rings is 1. The highest BCUT2D eigenvalue weighted by Gasteiger charge is 2.36. The zero-order valence-corrected chi connectivity index (χ0v) is 20.9. The standard InChI is InChI=1S/C26H27N3O5S/c1-5-7-19-22(25(31)34-6-2)23(18-15-17(32-3)8-9-20(18)33-4)29-24(30)21(35-26(29)28-19)14-16-10-12-27-13-11-16/h8-15,23H,5-7H2,1-4H3. The number of nitrogens with zero attached hydrogens (tertiary/aromatic N) is 3. The van der Waals surface area contributed by atoms with Crippen molar-refractivity contribution < 1.29 is 19.0 Å². The molecule has 0 amide bonds. The van der Waals surface area contributed by atoms with Crippen molar-refractivity contribution in [1.82, 2.24) is 9.55 Å². The Bertz CT molecular complexity index is 1440. The lowest BCUT2D eigenvalue weighted by molar-refractivity contribution is -0.139. The number of pyridine rings is 1. The highest BCUT2D eigenvalue weighted by molar-refractivity contribution is 7.07. The number of hydrogen-bond donors (Lipinski definition) is 0. The first-order valence-corrected chi connectivity index (χ1v) is 12.2. The maximum absolute atomic E-state index is 13.8. The molecule has 0 N–H and O–H groups in total. The fraction of sp³-hybridized carbons (Fsp3) is 0.308. The lowest BCUT2D eigenvalue weighted by Gasteiger charge is -2.27. The van der Waals surface area contributed by atoms with Crippen LogP contribution in [0.1, 0.15) is 43.9 Å². The minimum absolute atomic E-state index is 0.205. The van der Waals surface area contributed by atoms with Crippen LogP contribution in [0.3, 0.4) is 0 Å². The van der Waals surface area contributed by atoms with Gasteiger partial charge in [-0.15, -0.1) is 0 Å². The van der Waals surface area contributed by atoms with Gasteiger partial charge in [-0.3, -0.25) is 14.3 Å². The molecule has 0 radical (unpaired) electrons. The predicted octanol–water partition coefficient (Wildman–Crippen LogP) is 2.99. The zero-order chi connectivity index (χ0) is 24.9. The van der Waals surface area contributed by atoms with Crippen molar-refractivity contribution in [1.29, 1.82) is 0 Å². The third-order valence-electron chi connectivity index (χ3n) is 5.63. The SMILES string of the molecule is CCCC1=C(C(=O)OCC)C(c2cc(OC)ccc2OC)n2c(sc(=Cc3ccncc3)c2=O)=N1. The van der Waals surface area contributed by atoms with Crippen LogP contribution in [0, 0.1) is 0 Å². The maximum atomic E-state index is 13.8. The van der Waals surface area contributed by atoms with E-state index in [0.717, 1.165) is 12.0 Å². The molecule has 1 unspecified atom stereocenters. The average molecular weight is 494 g/mol. The molecular weight excluding hydrogens is 466 g/mol. The Morgan fingerprint density at radius 3 is 2.57 bits per heavy atom.